The molecular formula is C12H16OS. The van der Waals surface area contributed by atoms with E-state index in [1.165, 1.54) is 5.56 Å². The summed E-state index contributed by atoms with van der Waals surface area (Å²) in [7, 11) is 0. The van der Waals surface area contributed by atoms with Gasteiger partial charge < -0.3 is 0 Å². The molecule has 1 aromatic carbocycles. The monoisotopic (exact) mass is 208 g/mol. The molecule has 0 spiro atoms. The number of benzene rings is 1. The van der Waals surface area contributed by atoms with E-state index in [4.69, 9.17) is 0 Å². The summed E-state index contributed by atoms with van der Waals surface area (Å²) in [6, 6.07) is 7.89. The van der Waals surface area contributed by atoms with E-state index in [2.05, 4.69) is 6.92 Å². The largest absolute Gasteiger partial charge is 0.294 e. The number of thioether (sulfide) groups is 1. The lowest BCUT2D eigenvalue weighted by Gasteiger charge is -2.05. The van der Waals surface area contributed by atoms with Crippen LogP contribution in [0.3, 0.4) is 0 Å². The van der Waals surface area contributed by atoms with Gasteiger partial charge in [0, 0.05) is 17.7 Å². The number of Topliss-reactive ketones (excluding diaryl/α,β-unsaturated/α-hetero) is 1. The van der Waals surface area contributed by atoms with Crippen LogP contribution in [-0.2, 0) is 6.42 Å². The Hall–Kier alpha value is -0.760. The second-order valence-electron chi connectivity index (χ2n) is 3.18. The van der Waals surface area contributed by atoms with Crippen molar-refractivity contribution in [1.82, 2.24) is 0 Å². The molecule has 0 N–H and O–H groups in total. The maximum Gasteiger partial charge on any atom is 0.163 e. The van der Waals surface area contributed by atoms with Crippen LogP contribution >= 0.6 is 11.8 Å². The number of rotatable bonds is 5. The van der Waals surface area contributed by atoms with E-state index in [1.54, 1.807) is 11.8 Å². The first-order valence-electron chi connectivity index (χ1n) is 4.89. The van der Waals surface area contributed by atoms with Crippen molar-refractivity contribution < 1.29 is 4.79 Å². The Bertz CT molecular complexity index is 307. The molecule has 0 radical (unpaired) electrons. The van der Waals surface area contributed by atoms with Crippen molar-refractivity contribution in [2.24, 2.45) is 0 Å². The van der Waals surface area contributed by atoms with E-state index in [-0.39, 0.29) is 5.78 Å². The Kier molecular flexibility index (Phi) is 4.74. The Morgan fingerprint density at radius 1 is 1.36 bits per heavy atom. The molecule has 0 atom stereocenters. The molecule has 0 aliphatic rings. The number of carbonyl (C=O) groups excluding carboxylic acids is 1. The first-order chi connectivity index (χ1) is 6.79. The number of aryl methyl sites for hydroxylation is 1. The van der Waals surface area contributed by atoms with Gasteiger partial charge in [0.05, 0.1) is 0 Å². The van der Waals surface area contributed by atoms with Gasteiger partial charge in [0.15, 0.2) is 5.78 Å². The van der Waals surface area contributed by atoms with Gasteiger partial charge in [0.25, 0.3) is 0 Å². The van der Waals surface area contributed by atoms with E-state index < -0.39 is 0 Å². The Balaban J connectivity index is 2.78. The van der Waals surface area contributed by atoms with Gasteiger partial charge in [-0.25, -0.2) is 0 Å². The van der Waals surface area contributed by atoms with Gasteiger partial charge in [-0.3, -0.25) is 4.79 Å². The Labute approximate surface area is 89.9 Å². The van der Waals surface area contributed by atoms with Crippen molar-refractivity contribution >= 4 is 17.5 Å². The maximum atomic E-state index is 11.8. The molecule has 0 bridgehead atoms. The summed E-state index contributed by atoms with van der Waals surface area (Å²) in [5.74, 6) is 1.19. The van der Waals surface area contributed by atoms with Crippen molar-refractivity contribution in [3.05, 3.63) is 35.4 Å². The highest BCUT2D eigenvalue weighted by molar-refractivity contribution is 7.98. The van der Waals surface area contributed by atoms with E-state index in [1.807, 2.05) is 30.5 Å². The third-order valence-corrected chi connectivity index (χ3v) is 2.84. The van der Waals surface area contributed by atoms with Crippen molar-refractivity contribution in [2.75, 3.05) is 12.0 Å². The minimum atomic E-state index is 0.275. The zero-order valence-corrected chi connectivity index (χ0v) is 9.56. The van der Waals surface area contributed by atoms with E-state index in [9.17, 15) is 4.79 Å². The molecule has 1 aromatic rings. The van der Waals surface area contributed by atoms with Crippen molar-refractivity contribution in [1.29, 1.82) is 0 Å². The van der Waals surface area contributed by atoms with Gasteiger partial charge in [0.2, 0.25) is 0 Å². The average molecular weight is 208 g/mol. The second-order valence-corrected chi connectivity index (χ2v) is 4.16. The molecule has 0 unspecified atom stereocenters. The van der Waals surface area contributed by atoms with Crippen molar-refractivity contribution in [3.63, 3.8) is 0 Å². The van der Waals surface area contributed by atoms with Crippen LogP contribution in [0.5, 0.6) is 0 Å². The summed E-state index contributed by atoms with van der Waals surface area (Å²) in [6.07, 6.45) is 3.61. The molecule has 0 saturated carbocycles. The Morgan fingerprint density at radius 3 is 2.71 bits per heavy atom. The number of ketones is 1. The summed E-state index contributed by atoms with van der Waals surface area (Å²) in [4.78, 5) is 11.8. The zero-order valence-electron chi connectivity index (χ0n) is 8.75. The molecular weight excluding hydrogens is 192 g/mol. The van der Waals surface area contributed by atoms with Crippen molar-refractivity contribution in [2.45, 2.75) is 19.8 Å². The predicted octanol–water partition coefficient (Wildman–Crippen LogP) is 3.18. The highest BCUT2D eigenvalue weighted by Gasteiger charge is 2.08. The van der Waals surface area contributed by atoms with Gasteiger partial charge in [-0.1, -0.05) is 31.2 Å². The molecule has 0 saturated heterocycles. The minimum Gasteiger partial charge on any atom is -0.294 e. The first-order valence-corrected chi connectivity index (χ1v) is 6.29. The summed E-state index contributed by atoms with van der Waals surface area (Å²) in [5, 5.41) is 0. The zero-order chi connectivity index (χ0) is 10.4. The molecule has 0 aliphatic carbocycles. The molecule has 1 nitrogen and oxygen atoms in total. The van der Waals surface area contributed by atoms with Gasteiger partial charge in [0.1, 0.15) is 0 Å². The molecule has 0 fully saturated rings. The fraction of sp³-hybridized carbons (Fsp3) is 0.417. The standard InChI is InChI=1S/C12H16OS/c1-3-10-6-4-5-7-11(10)12(13)8-9-14-2/h4-7H,3,8-9H2,1-2H3. The Morgan fingerprint density at radius 2 is 2.07 bits per heavy atom. The maximum absolute atomic E-state index is 11.8. The summed E-state index contributed by atoms with van der Waals surface area (Å²) >= 11 is 1.72. The smallest absolute Gasteiger partial charge is 0.163 e. The van der Waals surface area contributed by atoms with Crippen LogP contribution in [0.25, 0.3) is 0 Å². The van der Waals surface area contributed by atoms with Crippen LogP contribution in [0, 0.1) is 0 Å². The van der Waals surface area contributed by atoms with Gasteiger partial charge in [-0.15, -0.1) is 0 Å². The number of hydrogen-bond donors (Lipinski definition) is 0. The molecule has 0 aromatic heterocycles. The SMILES string of the molecule is CCc1ccccc1C(=O)CCSC. The highest BCUT2D eigenvalue weighted by Crippen LogP contribution is 2.12. The minimum absolute atomic E-state index is 0.275. The first kappa shape index (κ1) is 11.3. The molecule has 76 valence electrons. The molecule has 2 heteroatoms. The van der Waals surface area contributed by atoms with Crippen LogP contribution in [0.4, 0.5) is 0 Å². The number of hydrogen-bond acceptors (Lipinski definition) is 2. The third-order valence-electron chi connectivity index (χ3n) is 2.23. The summed E-state index contributed by atoms with van der Waals surface area (Å²) in [5.41, 5.74) is 2.07. The van der Waals surface area contributed by atoms with E-state index in [0.717, 1.165) is 17.7 Å². The average Bonchev–Trinajstić information content (AvgIpc) is 2.25. The van der Waals surface area contributed by atoms with E-state index >= 15 is 0 Å². The lowest BCUT2D eigenvalue weighted by molar-refractivity contribution is 0.0988. The quantitative estimate of drug-likeness (QED) is 0.691. The lowest BCUT2D eigenvalue weighted by atomic mass is 10.0. The number of carbonyl (C=O) groups is 1. The van der Waals surface area contributed by atoms with Crippen LogP contribution in [0.2, 0.25) is 0 Å². The highest BCUT2D eigenvalue weighted by atomic mass is 32.2. The second kappa shape index (κ2) is 5.86. The fourth-order valence-corrected chi connectivity index (χ4v) is 1.82. The van der Waals surface area contributed by atoms with E-state index in [0.29, 0.717) is 6.42 Å². The lowest BCUT2D eigenvalue weighted by Crippen LogP contribution is -2.04. The topological polar surface area (TPSA) is 17.1 Å². The van der Waals surface area contributed by atoms with Crippen LogP contribution in [0.15, 0.2) is 24.3 Å². The normalized spacial score (nSPS) is 10.1. The fourth-order valence-electron chi connectivity index (χ4n) is 1.43. The van der Waals surface area contributed by atoms with Gasteiger partial charge in [-0.2, -0.15) is 11.8 Å². The van der Waals surface area contributed by atoms with Gasteiger partial charge >= 0.3 is 0 Å². The van der Waals surface area contributed by atoms with Crippen LogP contribution in [-0.4, -0.2) is 17.8 Å². The molecule has 1 rings (SSSR count). The van der Waals surface area contributed by atoms with Crippen LogP contribution < -0.4 is 0 Å². The molecule has 0 aliphatic heterocycles. The molecule has 14 heavy (non-hydrogen) atoms. The van der Waals surface area contributed by atoms with Crippen LogP contribution in [0.1, 0.15) is 29.3 Å². The summed E-state index contributed by atoms with van der Waals surface area (Å²) < 4.78 is 0. The molecule has 0 heterocycles. The van der Waals surface area contributed by atoms with Crippen molar-refractivity contribution in [3.8, 4) is 0 Å². The predicted molar refractivity (Wildman–Crippen MR) is 63.1 cm³/mol. The van der Waals surface area contributed by atoms with Gasteiger partial charge in [-0.05, 0) is 18.2 Å². The third kappa shape index (κ3) is 2.88. The summed E-state index contributed by atoms with van der Waals surface area (Å²) in [6.45, 7) is 2.08. The molecule has 0 amide bonds.